The number of alkyl halides is 2. The fourth-order valence-electron chi connectivity index (χ4n) is 2.59. The Balaban J connectivity index is 1.58. The van der Waals surface area contributed by atoms with E-state index in [1.165, 1.54) is 23.9 Å². The maximum Gasteiger partial charge on any atom is 0.387 e. The first-order chi connectivity index (χ1) is 13.4. The number of rotatable bonds is 7. The molecule has 0 N–H and O–H groups in total. The number of thioether (sulfide) groups is 1. The van der Waals surface area contributed by atoms with Crippen molar-refractivity contribution in [1.82, 2.24) is 14.9 Å². The molecule has 0 spiro atoms. The number of carbonyl (C=O) groups is 1. The molecule has 0 aliphatic carbocycles. The molecule has 3 aromatic rings. The number of amides is 1. The Morgan fingerprint density at radius 1 is 1.11 bits per heavy atom. The first kappa shape index (κ1) is 20.0. The topological polar surface area (TPSA) is 55.3 Å². The molecule has 0 saturated heterocycles. The number of hydrogen-bond donors (Lipinski definition) is 0. The van der Waals surface area contributed by atoms with Gasteiger partial charge in [0.25, 0.3) is 0 Å². The Hall–Kier alpha value is -2.74. The molecule has 1 amide bonds. The quantitative estimate of drug-likeness (QED) is 0.551. The van der Waals surface area contributed by atoms with Crippen LogP contribution in [-0.2, 0) is 11.3 Å². The minimum Gasteiger partial charge on any atom is -0.435 e. The highest BCUT2D eigenvalue weighted by Gasteiger charge is 2.13. The summed E-state index contributed by atoms with van der Waals surface area (Å²) in [5.41, 5.74) is 3.23. The number of nitrogens with zero attached hydrogens (tertiary/aromatic N) is 3. The first-order valence-electron chi connectivity index (χ1n) is 8.56. The lowest BCUT2D eigenvalue weighted by Gasteiger charge is -2.17. The minimum absolute atomic E-state index is 0.0627. The van der Waals surface area contributed by atoms with Gasteiger partial charge < -0.3 is 9.64 Å². The normalized spacial score (nSPS) is 11.0. The number of hydrogen-bond acceptors (Lipinski definition) is 5. The maximum absolute atomic E-state index is 12.4. The van der Waals surface area contributed by atoms with Gasteiger partial charge in [-0.1, -0.05) is 36.0 Å². The summed E-state index contributed by atoms with van der Waals surface area (Å²) >= 11 is 1.35. The average molecular weight is 403 g/mol. The van der Waals surface area contributed by atoms with Crippen molar-refractivity contribution in [1.29, 1.82) is 0 Å². The number of fused-ring (bicyclic) bond motifs is 1. The summed E-state index contributed by atoms with van der Waals surface area (Å²) in [4.78, 5) is 23.1. The van der Waals surface area contributed by atoms with Crippen LogP contribution in [0.25, 0.3) is 11.0 Å². The first-order valence-corrected chi connectivity index (χ1v) is 9.55. The summed E-state index contributed by atoms with van der Waals surface area (Å²) in [6.07, 6.45) is 0. The molecule has 0 saturated carbocycles. The minimum atomic E-state index is -2.85. The van der Waals surface area contributed by atoms with Crippen molar-refractivity contribution < 1.29 is 18.3 Å². The van der Waals surface area contributed by atoms with Crippen LogP contribution < -0.4 is 4.74 Å². The third-order valence-electron chi connectivity index (χ3n) is 4.03. The zero-order valence-electron chi connectivity index (χ0n) is 15.4. The van der Waals surface area contributed by atoms with Crippen molar-refractivity contribution in [3.8, 4) is 5.75 Å². The van der Waals surface area contributed by atoms with Crippen LogP contribution >= 0.6 is 11.8 Å². The standard InChI is InChI=1S/C20H19F2N3O2S/c1-13-19(24-17-6-4-3-5-16(17)23-13)28-12-18(26)25(2)11-14-7-9-15(10-8-14)27-20(21)22/h3-10,20H,11-12H2,1-2H3. The van der Waals surface area contributed by atoms with Gasteiger partial charge in [0.15, 0.2) is 0 Å². The third kappa shape index (κ3) is 5.16. The molecule has 28 heavy (non-hydrogen) atoms. The van der Waals surface area contributed by atoms with Crippen LogP contribution in [0.15, 0.2) is 53.6 Å². The van der Waals surface area contributed by atoms with E-state index in [2.05, 4.69) is 14.7 Å². The van der Waals surface area contributed by atoms with E-state index in [0.717, 1.165) is 27.3 Å². The van der Waals surface area contributed by atoms with E-state index < -0.39 is 6.61 Å². The molecule has 0 bridgehead atoms. The number of aryl methyl sites for hydroxylation is 1. The molecule has 2 aromatic carbocycles. The maximum atomic E-state index is 12.4. The predicted molar refractivity (Wildman–Crippen MR) is 105 cm³/mol. The van der Waals surface area contributed by atoms with E-state index in [4.69, 9.17) is 0 Å². The van der Waals surface area contributed by atoms with E-state index in [-0.39, 0.29) is 17.4 Å². The van der Waals surface area contributed by atoms with Gasteiger partial charge >= 0.3 is 6.61 Å². The molecule has 8 heteroatoms. The molecule has 0 atom stereocenters. The van der Waals surface area contributed by atoms with Crippen molar-refractivity contribution in [2.45, 2.75) is 25.1 Å². The number of para-hydroxylation sites is 2. The van der Waals surface area contributed by atoms with Gasteiger partial charge in [-0.2, -0.15) is 8.78 Å². The lowest BCUT2D eigenvalue weighted by Crippen LogP contribution is -2.27. The van der Waals surface area contributed by atoms with Gasteiger partial charge in [-0.25, -0.2) is 9.97 Å². The van der Waals surface area contributed by atoms with Crippen molar-refractivity contribution in [2.75, 3.05) is 12.8 Å². The summed E-state index contributed by atoms with van der Waals surface area (Å²) in [5.74, 6) is 0.262. The fourth-order valence-corrected chi connectivity index (χ4v) is 3.49. The van der Waals surface area contributed by atoms with E-state index >= 15 is 0 Å². The second-order valence-electron chi connectivity index (χ2n) is 6.16. The zero-order chi connectivity index (χ0) is 20.1. The highest BCUT2D eigenvalue weighted by atomic mass is 32.2. The van der Waals surface area contributed by atoms with Crippen molar-refractivity contribution in [2.24, 2.45) is 0 Å². The van der Waals surface area contributed by atoms with E-state index in [0.29, 0.717) is 6.54 Å². The fraction of sp³-hybridized carbons (Fsp3) is 0.250. The van der Waals surface area contributed by atoms with E-state index in [9.17, 15) is 13.6 Å². The van der Waals surface area contributed by atoms with Crippen LogP contribution in [-0.4, -0.2) is 40.2 Å². The summed E-state index contributed by atoms with van der Waals surface area (Å²) in [6.45, 7) is -0.607. The van der Waals surface area contributed by atoms with Gasteiger partial charge in [0.1, 0.15) is 10.8 Å². The Labute approximate surface area is 165 Å². The second kappa shape index (κ2) is 8.97. The van der Waals surface area contributed by atoms with Gasteiger partial charge in [-0.3, -0.25) is 4.79 Å². The second-order valence-corrected chi connectivity index (χ2v) is 7.13. The van der Waals surface area contributed by atoms with Crippen LogP contribution in [0.4, 0.5) is 8.78 Å². The largest absolute Gasteiger partial charge is 0.435 e. The van der Waals surface area contributed by atoms with E-state index in [1.54, 1.807) is 24.1 Å². The van der Waals surface area contributed by atoms with Crippen molar-refractivity contribution in [3.63, 3.8) is 0 Å². The highest BCUT2D eigenvalue weighted by Crippen LogP contribution is 2.22. The van der Waals surface area contributed by atoms with Gasteiger partial charge in [0.05, 0.1) is 22.5 Å². The number of halogens is 2. The highest BCUT2D eigenvalue weighted by molar-refractivity contribution is 7.99. The SMILES string of the molecule is Cc1nc2ccccc2nc1SCC(=O)N(C)Cc1ccc(OC(F)F)cc1. The molecule has 0 fully saturated rings. The molecule has 5 nitrogen and oxygen atoms in total. The zero-order valence-corrected chi connectivity index (χ0v) is 16.2. The molecule has 3 rings (SSSR count). The van der Waals surface area contributed by atoms with Gasteiger partial charge in [0.2, 0.25) is 5.91 Å². The van der Waals surface area contributed by atoms with Crippen LogP contribution in [0, 0.1) is 6.92 Å². The molecule has 146 valence electrons. The summed E-state index contributed by atoms with van der Waals surface area (Å²) in [7, 11) is 1.70. The molecule has 0 aliphatic rings. The third-order valence-corrected chi connectivity index (χ3v) is 5.08. The Kier molecular flexibility index (Phi) is 6.41. The number of ether oxygens (including phenoxy) is 1. The number of benzene rings is 2. The molecule has 1 heterocycles. The summed E-state index contributed by atoms with van der Waals surface area (Å²) in [6, 6.07) is 13.8. The molecule has 1 aromatic heterocycles. The summed E-state index contributed by atoms with van der Waals surface area (Å²) < 4.78 is 28.7. The summed E-state index contributed by atoms with van der Waals surface area (Å²) in [5, 5.41) is 0.731. The molecule has 0 aliphatic heterocycles. The van der Waals surface area contributed by atoms with E-state index in [1.807, 2.05) is 31.2 Å². The van der Waals surface area contributed by atoms with Crippen molar-refractivity contribution in [3.05, 3.63) is 59.8 Å². The smallest absolute Gasteiger partial charge is 0.387 e. The van der Waals surface area contributed by atoms with Crippen LogP contribution in [0.5, 0.6) is 5.75 Å². The lowest BCUT2D eigenvalue weighted by molar-refractivity contribution is -0.127. The Bertz CT molecular complexity index is 967. The number of carbonyl (C=O) groups excluding carboxylic acids is 1. The van der Waals surface area contributed by atoms with Crippen LogP contribution in [0.2, 0.25) is 0 Å². The number of aromatic nitrogens is 2. The van der Waals surface area contributed by atoms with Gasteiger partial charge in [-0.15, -0.1) is 0 Å². The Morgan fingerprint density at radius 3 is 2.39 bits per heavy atom. The predicted octanol–water partition coefficient (Wildman–Crippen LogP) is 4.29. The molecular weight excluding hydrogens is 384 g/mol. The average Bonchev–Trinajstić information content (AvgIpc) is 2.67. The Morgan fingerprint density at radius 2 is 1.75 bits per heavy atom. The van der Waals surface area contributed by atoms with Crippen LogP contribution in [0.1, 0.15) is 11.3 Å². The van der Waals surface area contributed by atoms with Crippen molar-refractivity contribution >= 4 is 28.7 Å². The van der Waals surface area contributed by atoms with Gasteiger partial charge in [0, 0.05) is 13.6 Å². The van der Waals surface area contributed by atoms with Crippen LogP contribution in [0.3, 0.4) is 0 Å². The lowest BCUT2D eigenvalue weighted by atomic mass is 10.2. The monoisotopic (exact) mass is 403 g/mol. The molecule has 0 radical (unpaired) electrons. The molecular formula is C20H19F2N3O2S. The molecule has 0 unspecified atom stereocenters. The van der Waals surface area contributed by atoms with Gasteiger partial charge in [-0.05, 0) is 36.8 Å².